The number of rotatable bonds is 5. The normalized spacial score (nSPS) is 20.5. The maximum atomic E-state index is 12.2. The van der Waals surface area contributed by atoms with Gasteiger partial charge in [0.1, 0.15) is 0 Å². The molecule has 1 fully saturated rings. The second kappa shape index (κ2) is 5.85. The second-order valence-corrected chi connectivity index (χ2v) is 5.59. The summed E-state index contributed by atoms with van der Waals surface area (Å²) in [6.45, 7) is 2.63. The fraction of sp³-hybridized carbons (Fsp3) is 1.00. The molecule has 0 amide bonds. The van der Waals surface area contributed by atoms with E-state index >= 15 is 0 Å². The zero-order valence-corrected chi connectivity index (χ0v) is 9.80. The number of alkyl halides is 2. The van der Waals surface area contributed by atoms with Gasteiger partial charge in [0.15, 0.2) is 0 Å². The lowest BCUT2D eigenvalue weighted by Crippen LogP contribution is -2.50. The Morgan fingerprint density at radius 1 is 1.19 bits per heavy atom. The van der Waals surface area contributed by atoms with Crippen molar-refractivity contribution in [2.75, 3.05) is 39.3 Å². The Morgan fingerprint density at radius 3 is 2.19 bits per heavy atom. The van der Waals surface area contributed by atoms with Crippen LogP contribution in [-0.4, -0.2) is 62.6 Å². The lowest BCUT2D eigenvalue weighted by atomic mass is 10.3. The summed E-state index contributed by atoms with van der Waals surface area (Å²) in [6, 6.07) is 0. The summed E-state index contributed by atoms with van der Waals surface area (Å²) in [5.74, 6) is -3.32. The van der Waals surface area contributed by atoms with Crippen LogP contribution in [0.4, 0.5) is 8.78 Å². The molecule has 0 unspecified atom stereocenters. The molecule has 1 aliphatic rings. The molecule has 1 heterocycles. The minimum Gasteiger partial charge on any atom is -0.330 e. The maximum absolute atomic E-state index is 12.2. The van der Waals surface area contributed by atoms with Crippen LogP contribution in [0, 0.1) is 0 Å². The molecular weight excluding hydrogens is 240 g/mol. The highest BCUT2D eigenvalue weighted by Crippen LogP contribution is 2.14. The van der Waals surface area contributed by atoms with Crippen molar-refractivity contribution in [3.63, 3.8) is 0 Å². The topological polar surface area (TPSA) is 66.6 Å². The predicted octanol–water partition coefficient (Wildman–Crippen LogP) is -0.495. The zero-order valence-electron chi connectivity index (χ0n) is 8.98. The van der Waals surface area contributed by atoms with Gasteiger partial charge < -0.3 is 10.6 Å². The van der Waals surface area contributed by atoms with Gasteiger partial charge in [-0.3, -0.25) is 0 Å². The Hall–Kier alpha value is -0.310. The van der Waals surface area contributed by atoms with Crippen LogP contribution in [0.1, 0.15) is 6.42 Å². The third kappa shape index (κ3) is 3.34. The zero-order chi connectivity index (χ0) is 12.2. The van der Waals surface area contributed by atoms with Crippen molar-refractivity contribution in [3.8, 4) is 0 Å². The van der Waals surface area contributed by atoms with Crippen molar-refractivity contribution in [2.45, 2.75) is 12.2 Å². The molecule has 0 atom stereocenters. The summed E-state index contributed by atoms with van der Waals surface area (Å²) < 4.78 is 47.6. The molecule has 2 N–H and O–H groups in total. The van der Waals surface area contributed by atoms with Crippen LogP contribution >= 0.6 is 0 Å². The summed E-state index contributed by atoms with van der Waals surface area (Å²) in [4.78, 5) is 2.03. The van der Waals surface area contributed by atoms with Crippen molar-refractivity contribution in [2.24, 2.45) is 5.73 Å². The molecule has 1 saturated heterocycles. The number of piperazine rings is 1. The van der Waals surface area contributed by atoms with E-state index in [-0.39, 0.29) is 13.1 Å². The van der Waals surface area contributed by atoms with Gasteiger partial charge in [0.2, 0.25) is 0 Å². The van der Waals surface area contributed by atoms with E-state index in [1.54, 1.807) is 0 Å². The molecule has 0 aromatic rings. The van der Waals surface area contributed by atoms with Crippen LogP contribution in [0.3, 0.4) is 0 Å². The van der Waals surface area contributed by atoms with Gasteiger partial charge in [0.25, 0.3) is 10.0 Å². The van der Waals surface area contributed by atoms with Gasteiger partial charge in [-0.25, -0.2) is 8.42 Å². The Bertz CT molecular complexity index is 302. The molecule has 8 heteroatoms. The fourth-order valence-corrected chi connectivity index (χ4v) is 2.53. The van der Waals surface area contributed by atoms with E-state index in [2.05, 4.69) is 0 Å². The lowest BCUT2D eigenvalue weighted by Gasteiger charge is -2.33. The fourth-order valence-electron chi connectivity index (χ4n) is 1.64. The largest absolute Gasteiger partial charge is 0.350 e. The van der Waals surface area contributed by atoms with E-state index in [0.29, 0.717) is 19.6 Å². The van der Waals surface area contributed by atoms with Gasteiger partial charge in [0.05, 0.1) is 0 Å². The van der Waals surface area contributed by atoms with Crippen molar-refractivity contribution in [1.29, 1.82) is 0 Å². The Morgan fingerprint density at radius 2 is 1.75 bits per heavy atom. The number of nitrogens with two attached hydrogens (primary N) is 1. The van der Waals surface area contributed by atoms with Crippen LogP contribution in [0.2, 0.25) is 0 Å². The first kappa shape index (κ1) is 13.8. The van der Waals surface area contributed by atoms with Crippen LogP contribution in [0.25, 0.3) is 0 Å². The van der Waals surface area contributed by atoms with Crippen molar-refractivity contribution < 1.29 is 17.2 Å². The third-order valence-electron chi connectivity index (χ3n) is 2.59. The number of nitrogens with zero attached hydrogens (tertiary/aromatic N) is 2. The predicted molar refractivity (Wildman–Crippen MR) is 56.6 cm³/mol. The van der Waals surface area contributed by atoms with E-state index in [9.17, 15) is 17.2 Å². The van der Waals surface area contributed by atoms with Gasteiger partial charge in [-0.15, -0.1) is 0 Å². The summed E-state index contributed by atoms with van der Waals surface area (Å²) in [5.41, 5.74) is 5.35. The smallest absolute Gasteiger partial charge is 0.330 e. The van der Waals surface area contributed by atoms with Gasteiger partial charge in [-0.2, -0.15) is 13.1 Å². The van der Waals surface area contributed by atoms with Gasteiger partial charge >= 0.3 is 5.76 Å². The highest BCUT2D eigenvalue weighted by Gasteiger charge is 2.33. The average Bonchev–Trinajstić information content (AvgIpc) is 2.26. The molecule has 0 bridgehead atoms. The molecule has 0 aromatic heterocycles. The number of halogens is 2. The van der Waals surface area contributed by atoms with E-state index in [1.165, 1.54) is 0 Å². The van der Waals surface area contributed by atoms with Crippen molar-refractivity contribution in [1.82, 2.24) is 9.21 Å². The van der Waals surface area contributed by atoms with E-state index in [4.69, 9.17) is 5.73 Å². The molecular formula is C8H17F2N3O2S. The van der Waals surface area contributed by atoms with Gasteiger partial charge in [-0.05, 0) is 19.5 Å². The highest BCUT2D eigenvalue weighted by atomic mass is 32.2. The van der Waals surface area contributed by atoms with Crippen LogP contribution in [0.5, 0.6) is 0 Å². The van der Waals surface area contributed by atoms with E-state index in [0.717, 1.165) is 17.3 Å². The molecule has 1 aliphatic heterocycles. The van der Waals surface area contributed by atoms with Gasteiger partial charge in [-0.1, -0.05) is 0 Å². The first-order valence-electron chi connectivity index (χ1n) is 5.18. The average molecular weight is 257 g/mol. The van der Waals surface area contributed by atoms with Crippen LogP contribution in [0.15, 0.2) is 0 Å². The molecule has 0 spiro atoms. The van der Waals surface area contributed by atoms with Crippen LogP contribution in [-0.2, 0) is 10.0 Å². The first-order chi connectivity index (χ1) is 7.48. The molecule has 0 aromatic carbocycles. The molecule has 0 aliphatic carbocycles. The molecule has 16 heavy (non-hydrogen) atoms. The van der Waals surface area contributed by atoms with Gasteiger partial charge in [0, 0.05) is 26.2 Å². The molecule has 1 rings (SSSR count). The number of hydrogen-bond donors (Lipinski definition) is 1. The molecule has 5 nitrogen and oxygen atoms in total. The summed E-state index contributed by atoms with van der Waals surface area (Å²) in [7, 11) is -4.40. The minimum absolute atomic E-state index is 0.136. The summed E-state index contributed by atoms with van der Waals surface area (Å²) in [5, 5.41) is 0. The standard InChI is InChI=1S/C8H17F2N3O2S/c9-8(10)16(14,15)13-6-4-12(5-7-13)3-1-2-11/h8H,1-7,11H2. The number of hydrogen-bond acceptors (Lipinski definition) is 4. The summed E-state index contributed by atoms with van der Waals surface area (Å²) in [6.07, 6.45) is 0.835. The lowest BCUT2D eigenvalue weighted by molar-refractivity contribution is 0.169. The minimum atomic E-state index is -4.40. The van der Waals surface area contributed by atoms with E-state index < -0.39 is 15.8 Å². The van der Waals surface area contributed by atoms with Crippen molar-refractivity contribution >= 4 is 10.0 Å². The Labute approximate surface area is 94.2 Å². The van der Waals surface area contributed by atoms with Crippen molar-refractivity contribution in [3.05, 3.63) is 0 Å². The van der Waals surface area contributed by atoms with Crippen LogP contribution < -0.4 is 5.73 Å². The molecule has 0 radical (unpaired) electrons. The second-order valence-electron chi connectivity index (χ2n) is 3.69. The summed E-state index contributed by atoms with van der Waals surface area (Å²) >= 11 is 0. The van der Waals surface area contributed by atoms with E-state index in [1.807, 2.05) is 4.90 Å². The molecule has 0 saturated carbocycles. The molecule has 96 valence electrons. The Kier molecular flexibility index (Phi) is 5.03. The third-order valence-corrected chi connectivity index (χ3v) is 4.13. The first-order valence-corrected chi connectivity index (χ1v) is 6.68. The highest BCUT2D eigenvalue weighted by molar-refractivity contribution is 7.89. The number of sulfonamides is 1. The quantitative estimate of drug-likeness (QED) is 0.721. The monoisotopic (exact) mass is 257 g/mol. The SMILES string of the molecule is NCCCN1CCN(S(=O)(=O)C(F)F)CC1. The maximum Gasteiger partial charge on any atom is 0.350 e. The Balaban J connectivity index is 2.43.